The van der Waals surface area contributed by atoms with E-state index in [0.29, 0.717) is 37.1 Å². The number of nitrogens with one attached hydrogen (secondary N) is 3. The van der Waals surface area contributed by atoms with Crippen molar-refractivity contribution in [2.75, 3.05) is 32.6 Å². The van der Waals surface area contributed by atoms with E-state index in [1.807, 2.05) is 50.2 Å². The highest BCUT2D eigenvalue weighted by molar-refractivity contribution is 5.94. The van der Waals surface area contributed by atoms with Crippen LogP contribution < -0.4 is 26.6 Å². The van der Waals surface area contributed by atoms with Gasteiger partial charge in [-0.15, -0.1) is 0 Å². The number of likely N-dealkylation sites (N-methyl/N-ethyl adjacent to an activating group) is 1. The van der Waals surface area contributed by atoms with Crippen molar-refractivity contribution in [3.05, 3.63) is 54.1 Å². The fraction of sp³-hybridized carbons (Fsp3) is 0.464. The summed E-state index contributed by atoms with van der Waals surface area (Å²) in [7, 11) is 5.67. The first-order valence-corrected chi connectivity index (χ1v) is 13.1. The first-order valence-electron chi connectivity index (χ1n) is 13.1. The van der Waals surface area contributed by atoms with E-state index in [1.54, 1.807) is 31.3 Å². The molecule has 0 aromatic heterocycles. The summed E-state index contributed by atoms with van der Waals surface area (Å²) >= 11 is 0. The number of hydrogen-bond acceptors (Lipinski definition) is 7. The Morgan fingerprint density at radius 3 is 1.97 bits per heavy atom. The van der Waals surface area contributed by atoms with Crippen LogP contribution in [0.2, 0.25) is 0 Å². The van der Waals surface area contributed by atoms with E-state index in [4.69, 9.17) is 5.73 Å². The molecule has 0 radical (unpaired) electrons. The lowest BCUT2D eigenvalue weighted by atomic mass is 10.1. The van der Waals surface area contributed by atoms with E-state index in [1.165, 1.54) is 0 Å². The molecule has 0 aliphatic carbocycles. The maximum absolute atomic E-state index is 12.5. The predicted octanol–water partition coefficient (Wildman–Crippen LogP) is 3.82. The molecule has 2 aromatic rings. The summed E-state index contributed by atoms with van der Waals surface area (Å²) in [5.74, 6) is -0.925. The van der Waals surface area contributed by atoms with E-state index < -0.39 is 18.0 Å². The standard InChI is InChI=1S/C28H41N7O3/c1-5-6-9-24(26(29)36)32-28(38)25(30-2)10-7-8-19-31-27(37)20-11-13-21(14-12-20)33-34-22-15-17-23(18-16-22)35(3)4/h11-18,24-25,30H,5-10,19H2,1-4H3,(H2,29,36)(H,31,37)(H,32,38)/t24-,25+/m0/s1. The topological polar surface area (TPSA) is 141 Å². The summed E-state index contributed by atoms with van der Waals surface area (Å²) < 4.78 is 0. The molecule has 0 aliphatic rings. The van der Waals surface area contributed by atoms with Crippen LogP contribution in [0, 0.1) is 0 Å². The highest BCUT2D eigenvalue weighted by Crippen LogP contribution is 2.21. The lowest BCUT2D eigenvalue weighted by molar-refractivity contribution is -0.128. The highest BCUT2D eigenvalue weighted by atomic mass is 16.2. The van der Waals surface area contributed by atoms with Crippen molar-refractivity contribution in [3.63, 3.8) is 0 Å². The Hall–Kier alpha value is -3.79. The molecular weight excluding hydrogens is 482 g/mol. The molecule has 10 heteroatoms. The third-order valence-corrected chi connectivity index (χ3v) is 6.15. The third-order valence-electron chi connectivity index (χ3n) is 6.15. The van der Waals surface area contributed by atoms with Gasteiger partial charge in [-0.2, -0.15) is 10.2 Å². The number of carbonyl (C=O) groups is 3. The van der Waals surface area contributed by atoms with E-state index in [9.17, 15) is 14.4 Å². The number of amides is 3. The number of nitrogens with zero attached hydrogens (tertiary/aromatic N) is 3. The number of benzene rings is 2. The van der Waals surface area contributed by atoms with Crippen LogP contribution in [0.4, 0.5) is 17.1 Å². The van der Waals surface area contributed by atoms with Crippen LogP contribution in [0.1, 0.15) is 55.8 Å². The molecule has 38 heavy (non-hydrogen) atoms. The molecule has 0 fully saturated rings. The van der Waals surface area contributed by atoms with Gasteiger partial charge in [0.15, 0.2) is 0 Å². The summed E-state index contributed by atoms with van der Waals surface area (Å²) in [5, 5.41) is 17.1. The summed E-state index contributed by atoms with van der Waals surface area (Å²) in [6.45, 7) is 2.51. The number of azo groups is 1. The van der Waals surface area contributed by atoms with Crippen LogP contribution in [0.25, 0.3) is 0 Å². The molecule has 3 amide bonds. The lowest BCUT2D eigenvalue weighted by Crippen LogP contribution is -2.51. The minimum Gasteiger partial charge on any atom is -0.378 e. The molecule has 0 unspecified atom stereocenters. The van der Waals surface area contributed by atoms with Gasteiger partial charge in [-0.3, -0.25) is 14.4 Å². The fourth-order valence-corrected chi connectivity index (χ4v) is 3.76. The number of primary amides is 1. The maximum atomic E-state index is 12.5. The Bertz CT molecular complexity index is 1050. The van der Waals surface area contributed by atoms with Crippen molar-refractivity contribution >= 4 is 34.8 Å². The van der Waals surface area contributed by atoms with Gasteiger partial charge in [0.05, 0.1) is 17.4 Å². The van der Waals surface area contributed by atoms with Gasteiger partial charge < -0.3 is 26.6 Å². The number of unbranched alkanes of at least 4 members (excludes halogenated alkanes) is 2. The highest BCUT2D eigenvalue weighted by Gasteiger charge is 2.22. The zero-order valence-electron chi connectivity index (χ0n) is 22.9. The van der Waals surface area contributed by atoms with Gasteiger partial charge in [-0.1, -0.05) is 19.8 Å². The van der Waals surface area contributed by atoms with Gasteiger partial charge in [0.1, 0.15) is 6.04 Å². The lowest BCUT2D eigenvalue weighted by Gasteiger charge is -2.20. The average molecular weight is 524 g/mol. The molecule has 0 aliphatic heterocycles. The Labute approximate surface area is 225 Å². The van der Waals surface area contributed by atoms with Crippen molar-refractivity contribution in [1.29, 1.82) is 0 Å². The van der Waals surface area contributed by atoms with Gasteiger partial charge >= 0.3 is 0 Å². The number of rotatable bonds is 16. The molecule has 10 nitrogen and oxygen atoms in total. The van der Waals surface area contributed by atoms with Crippen molar-refractivity contribution in [2.24, 2.45) is 16.0 Å². The average Bonchev–Trinajstić information content (AvgIpc) is 2.91. The quantitative estimate of drug-likeness (QED) is 0.196. The van der Waals surface area contributed by atoms with Crippen LogP contribution in [0.3, 0.4) is 0 Å². The van der Waals surface area contributed by atoms with Crippen LogP contribution in [0.5, 0.6) is 0 Å². The second-order valence-corrected chi connectivity index (χ2v) is 9.36. The molecule has 5 N–H and O–H groups in total. The van der Waals surface area contributed by atoms with E-state index in [0.717, 1.165) is 30.6 Å². The SMILES string of the molecule is CCCC[C@H](NC(=O)[C@@H](CCCCNC(=O)c1ccc(N=Nc2ccc(N(C)C)cc2)cc1)NC)C(N)=O. The molecule has 2 rings (SSSR count). The van der Waals surface area contributed by atoms with Gasteiger partial charge in [-0.25, -0.2) is 0 Å². The van der Waals surface area contributed by atoms with E-state index in [-0.39, 0.29) is 11.8 Å². The second kappa shape index (κ2) is 16.1. The predicted molar refractivity (Wildman–Crippen MR) is 151 cm³/mol. The Morgan fingerprint density at radius 2 is 1.45 bits per heavy atom. The number of carbonyl (C=O) groups excluding carboxylic acids is 3. The largest absolute Gasteiger partial charge is 0.378 e. The van der Waals surface area contributed by atoms with Gasteiger partial charge in [-0.05, 0) is 81.3 Å². The molecule has 206 valence electrons. The van der Waals surface area contributed by atoms with Crippen LogP contribution >= 0.6 is 0 Å². The van der Waals surface area contributed by atoms with Crippen LogP contribution in [-0.2, 0) is 9.59 Å². The van der Waals surface area contributed by atoms with Crippen LogP contribution in [0.15, 0.2) is 58.8 Å². The molecule has 0 saturated carbocycles. The van der Waals surface area contributed by atoms with Crippen molar-refractivity contribution < 1.29 is 14.4 Å². The monoisotopic (exact) mass is 523 g/mol. The molecule has 0 heterocycles. The first-order chi connectivity index (χ1) is 18.2. The second-order valence-electron chi connectivity index (χ2n) is 9.36. The Balaban J connectivity index is 1.74. The normalized spacial score (nSPS) is 12.6. The van der Waals surface area contributed by atoms with E-state index >= 15 is 0 Å². The minimum atomic E-state index is -0.653. The van der Waals surface area contributed by atoms with Gasteiger partial charge in [0, 0.05) is 31.9 Å². The van der Waals surface area contributed by atoms with E-state index in [2.05, 4.69) is 26.2 Å². The number of anilines is 1. The molecule has 0 saturated heterocycles. The van der Waals surface area contributed by atoms with Gasteiger partial charge in [0.25, 0.3) is 5.91 Å². The summed E-state index contributed by atoms with van der Waals surface area (Å²) in [5.41, 5.74) is 8.45. The molecule has 2 aromatic carbocycles. The Kier molecular flexibility index (Phi) is 12.9. The zero-order chi connectivity index (χ0) is 27.9. The minimum absolute atomic E-state index is 0.170. The van der Waals surface area contributed by atoms with Crippen molar-refractivity contribution in [1.82, 2.24) is 16.0 Å². The van der Waals surface area contributed by atoms with Crippen LogP contribution in [-0.4, -0.2) is 57.5 Å². The first kappa shape index (κ1) is 30.4. The fourth-order valence-electron chi connectivity index (χ4n) is 3.76. The molecule has 0 bridgehead atoms. The van der Waals surface area contributed by atoms with Gasteiger partial charge in [0.2, 0.25) is 11.8 Å². The molecular formula is C28H41N7O3. The van der Waals surface area contributed by atoms with Crippen molar-refractivity contribution in [3.8, 4) is 0 Å². The smallest absolute Gasteiger partial charge is 0.251 e. The van der Waals surface area contributed by atoms with Crippen molar-refractivity contribution in [2.45, 2.75) is 57.5 Å². The number of nitrogens with two attached hydrogens (primary N) is 1. The zero-order valence-corrected chi connectivity index (χ0v) is 22.9. The summed E-state index contributed by atoms with van der Waals surface area (Å²) in [6.07, 6.45) is 4.29. The summed E-state index contributed by atoms with van der Waals surface area (Å²) in [4.78, 5) is 38.6. The molecule has 0 spiro atoms. The third kappa shape index (κ3) is 10.3. The summed E-state index contributed by atoms with van der Waals surface area (Å²) in [6, 6.07) is 13.6. The Morgan fingerprint density at radius 1 is 0.868 bits per heavy atom. The molecule has 2 atom stereocenters. The number of hydrogen-bond donors (Lipinski definition) is 4. The maximum Gasteiger partial charge on any atom is 0.251 e.